The molecule has 0 aromatic heterocycles. The van der Waals surface area contributed by atoms with Gasteiger partial charge in [-0.05, 0) is 31.9 Å². The first-order chi connectivity index (χ1) is 13.3. The lowest BCUT2D eigenvalue weighted by atomic mass is 10.0. The number of ether oxygens (including phenoxy) is 1. The lowest BCUT2D eigenvalue weighted by Gasteiger charge is -2.08. The van der Waals surface area contributed by atoms with Crippen molar-refractivity contribution in [2.24, 2.45) is 5.92 Å². The second kappa shape index (κ2) is 15.6. The molecular weight excluding hydrogens is 350 g/mol. The van der Waals surface area contributed by atoms with Crippen molar-refractivity contribution < 1.29 is 14.3 Å². The highest BCUT2D eigenvalue weighted by Crippen LogP contribution is 2.08. The highest BCUT2D eigenvalue weighted by atomic mass is 16.5. The molecule has 154 valence electrons. The summed E-state index contributed by atoms with van der Waals surface area (Å²) in [5.74, 6) is 0.730. The predicted molar refractivity (Wildman–Crippen MR) is 117 cm³/mol. The Balaban J connectivity index is 0.000000424. The molecule has 4 heteroatoms. The van der Waals surface area contributed by atoms with Crippen LogP contribution in [-0.2, 0) is 4.74 Å². The smallest absolute Gasteiger partial charge is 0.253 e. The van der Waals surface area contributed by atoms with E-state index in [-0.39, 0.29) is 11.7 Å². The van der Waals surface area contributed by atoms with Gasteiger partial charge in [-0.2, -0.15) is 0 Å². The number of hydrogen-bond acceptors (Lipinski definition) is 3. The van der Waals surface area contributed by atoms with Crippen LogP contribution in [-0.4, -0.2) is 43.9 Å². The fraction of sp³-hybridized carbons (Fsp3) is 0.417. The lowest BCUT2D eigenvalue weighted by molar-refractivity contribution is 0.0827. The topological polar surface area (TPSA) is 46.6 Å². The molecule has 2 rings (SSSR count). The predicted octanol–water partition coefficient (Wildman–Crippen LogP) is 5.35. The molecule has 0 spiro atoms. The lowest BCUT2D eigenvalue weighted by Crippen LogP contribution is -2.21. The number of nitrogens with zero attached hydrogens (tertiary/aromatic N) is 1. The van der Waals surface area contributed by atoms with Gasteiger partial charge in [0.2, 0.25) is 0 Å². The van der Waals surface area contributed by atoms with Crippen LogP contribution in [0.4, 0.5) is 0 Å². The highest BCUT2D eigenvalue weighted by Gasteiger charge is 2.06. The van der Waals surface area contributed by atoms with Gasteiger partial charge in [-0.1, -0.05) is 62.4 Å². The Morgan fingerprint density at radius 2 is 1.25 bits per heavy atom. The number of rotatable bonds is 6. The van der Waals surface area contributed by atoms with E-state index >= 15 is 0 Å². The minimum Gasteiger partial charge on any atom is -0.382 e. The van der Waals surface area contributed by atoms with E-state index < -0.39 is 0 Å². The normalized spacial score (nSPS) is 9.54. The van der Waals surface area contributed by atoms with Gasteiger partial charge in [-0.15, -0.1) is 0 Å². The molecule has 0 aliphatic carbocycles. The summed E-state index contributed by atoms with van der Waals surface area (Å²) in [6.07, 6.45) is 0.643. The number of ketones is 1. The van der Waals surface area contributed by atoms with Gasteiger partial charge in [0.25, 0.3) is 5.91 Å². The van der Waals surface area contributed by atoms with Gasteiger partial charge < -0.3 is 9.64 Å². The van der Waals surface area contributed by atoms with Gasteiger partial charge >= 0.3 is 0 Å². The Bertz CT molecular complexity index is 650. The number of amides is 1. The van der Waals surface area contributed by atoms with Crippen molar-refractivity contribution >= 4 is 11.7 Å². The molecule has 0 aliphatic heterocycles. The summed E-state index contributed by atoms with van der Waals surface area (Å²) < 4.78 is 4.83. The average Bonchev–Trinajstić information content (AvgIpc) is 2.70. The Hall–Kier alpha value is -2.46. The first kappa shape index (κ1) is 25.5. The average molecular weight is 386 g/mol. The summed E-state index contributed by atoms with van der Waals surface area (Å²) in [6, 6.07) is 18.7. The Labute approximate surface area is 170 Å². The Morgan fingerprint density at radius 3 is 1.57 bits per heavy atom. The number of carbonyl (C=O) groups is 2. The molecule has 0 fully saturated rings. The fourth-order valence-corrected chi connectivity index (χ4v) is 2.16. The van der Waals surface area contributed by atoms with E-state index in [1.54, 1.807) is 19.0 Å². The number of hydrogen-bond donors (Lipinski definition) is 0. The summed E-state index contributed by atoms with van der Waals surface area (Å²) in [7, 11) is 3.49. The second-order valence-electron chi connectivity index (χ2n) is 6.73. The Kier molecular flexibility index (Phi) is 14.2. The Morgan fingerprint density at radius 1 is 0.821 bits per heavy atom. The molecule has 0 heterocycles. The standard InChI is InChI=1S/C11H14O.C9H11NO.C4H10O/c1-9(2)8-11(12)10-6-4-3-5-7-10;1-10(2)9(11)8-6-4-3-5-7-8;1-3-5-4-2/h3-7,9H,8H2,1-2H3;3-7H,1-2H3;3-4H2,1-2H3. The van der Waals surface area contributed by atoms with E-state index in [4.69, 9.17) is 4.74 Å². The SMILES string of the molecule is CC(C)CC(=O)c1ccccc1.CCOCC.CN(C)C(=O)c1ccccc1. The second-order valence-corrected chi connectivity index (χ2v) is 6.73. The largest absolute Gasteiger partial charge is 0.382 e. The van der Waals surface area contributed by atoms with Gasteiger partial charge in [-0.25, -0.2) is 0 Å². The number of benzene rings is 2. The van der Waals surface area contributed by atoms with Crippen LogP contribution in [0.25, 0.3) is 0 Å². The third kappa shape index (κ3) is 12.0. The minimum absolute atomic E-state index is 0.0469. The molecule has 0 unspecified atom stereocenters. The molecule has 0 N–H and O–H groups in total. The number of carbonyl (C=O) groups excluding carboxylic acids is 2. The zero-order valence-electron chi connectivity index (χ0n) is 18.1. The number of Topliss-reactive ketones (excluding diaryl/α,β-unsaturated/α-hetero) is 1. The van der Waals surface area contributed by atoms with Crippen molar-refractivity contribution in [3.8, 4) is 0 Å². The molecule has 28 heavy (non-hydrogen) atoms. The zero-order chi connectivity index (χ0) is 21.4. The summed E-state index contributed by atoms with van der Waals surface area (Å²) in [4.78, 5) is 24.3. The van der Waals surface area contributed by atoms with Gasteiger partial charge in [0.1, 0.15) is 0 Å². The van der Waals surface area contributed by atoms with Crippen molar-refractivity contribution in [1.82, 2.24) is 4.90 Å². The summed E-state index contributed by atoms with van der Waals surface area (Å²) >= 11 is 0. The van der Waals surface area contributed by atoms with Crippen molar-refractivity contribution in [1.29, 1.82) is 0 Å². The van der Waals surface area contributed by atoms with Crippen molar-refractivity contribution in [2.75, 3.05) is 27.3 Å². The van der Waals surface area contributed by atoms with Crippen molar-refractivity contribution in [2.45, 2.75) is 34.1 Å². The van der Waals surface area contributed by atoms with Gasteiger partial charge in [0, 0.05) is 44.9 Å². The third-order valence-electron chi connectivity index (χ3n) is 3.52. The first-order valence-corrected chi connectivity index (χ1v) is 9.76. The van der Waals surface area contributed by atoms with Crippen LogP contribution in [0.1, 0.15) is 54.8 Å². The maximum Gasteiger partial charge on any atom is 0.253 e. The van der Waals surface area contributed by atoms with Crippen LogP contribution >= 0.6 is 0 Å². The van der Waals surface area contributed by atoms with Crippen molar-refractivity contribution in [3.63, 3.8) is 0 Å². The van der Waals surface area contributed by atoms with E-state index in [2.05, 4.69) is 13.8 Å². The summed E-state index contributed by atoms with van der Waals surface area (Å²) in [5.41, 5.74) is 1.56. The third-order valence-corrected chi connectivity index (χ3v) is 3.52. The van der Waals surface area contributed by atoms with E-state index in [9.17, 15) is 9.59 Å². The van der Waals surface area contributed by atoms with Crippen LogP contribution in [0.5, 0.6) is 0 Å². The summed E-state index contributed by atoms with van der Waals surface area (Å²) in [5, 5.41) is 0. The molecule has 1 amide bonds. The van der Waals surface area contributed by atoms with Crippen LogP contribution < -0.4 is 0 Å². The molecule has 2 aromatic carbocycles. The first-order valence-electron chi connectivity index (χ1n) is 9.76. The molecule has 0 saturated heterocycles. The maximum absolute atomic E-state index is 11.5. The molecule has 0 atom stereocenters. The molecule has 0 saturated carbocycles. The van der Waals surface area contributed by atoms with E-state index in [1.165, 1.54) is 0 Å². The fourth-order valence-electron chi connectivity index (χ4n) is 2.16. The molecule has 2 aromatic rings. The zero-order valence-corrected chi connectivity index (χ0v) is 18.1. The van der Waals surface area contributed by atoms with Gasteiger partial charge in [0.15, 0.2) is 5.78 Å². The van der Waals surface area contributed by atoms with E-state index in [0.717, 1.165) is 24.3 Å². The molecule has 0 radical (unpaired) electrons. The molecule has 4 nitrogen and oxygen atoms in total. The minimum atomic E-state index is 0.0469. The molecule has 0 aliphatic rings. The highest BCUT2D eigenvalue weighted by molar-refractivity contribution is 5.96. The van der Waals surface area contributed by atoms with Crippen LogP contribution in [0, 0.1) is 5.92 Å². The van der Waals surface area contributed by atoms with Crippen LogP contribution in [0.2, 0.25) is 0 Å². The van der Waals surface area contributed by atoms with E-state index in [0.29, 0.717) is 12.3 Å². The molecule has 0 bridgehead atoms. The quantitative estimate of drug-likeness (QED) is 0.630. The molecular formula is C24H35NO3. The van der Waals surface area contributed by atoms with Crippen molar-refractivity contribution in [3.05, 3.63) is 71.8 Å². The van der Waals surface area contributed by atoms with Crippen LogP contribution in [0.3, 0.4) is 0 Å². The van der Waals surface area contributed by atoms with Gasteiger partial charge in [0.05, 0.1) is 0 Å². The van der Waals surface area contributed by atoms with Crippen LogP contribution in [0.15, 0.2) is 60.7 Å². The summed E-state index contributed by atoms with van der Waals surface area (Å²) in [6.45, 7) is 9.78. The van der Waals surface area contributed by atoms with E-state index in [1.807, 2.05) is 74.5 Å². The monoisotopic (exact) mass is 385 g/mol. The maximum atomic E-state index is 11.5. The van der Waals surface area contributed by atoms with Gasteiger partial charge in [-0.3, -0.25) is 9.59 Å².